The molecule has 0 radical (unpaired) electrons. The van der Waals surface area contributed by atoms with Gasteiger partial charge in [-0.25, -0.2) is 9.97 Å². The van der Waals surface area contributed by atoms with E-state index >= 15 is 0 Å². The monoisotopic (exact) mass is 430 g/mol. The van der Waals surface area contributed by atoms with Crippen LogP contribution in [0.3, 0.4) is 0 Å². The van der Waals surface area contributed by atoms with E-state index in [2.05, 4.69) is 33.6 Å². The van der Waals surface area contributed by atoms with Gasteiger partial charge in [-0.1, -0.05) is 18.6 Å². The van der Waals surface area contributed by atoms with Crippen molar-refractivity contribution in [3.63, 3.8) is 0 Å². The van der Waals surface area contributed by atoms with Crippen LogP contribution in [0.2, 0.25) is 0 Å². The lowest BCUT2D eigenvalue weighted by Gasteiger charge is -2.30. The van der Waals surface area contributed by atoms with Crippen LogP contribution in [-0.2, 0) is 13.6 Å². The minimum Gasteiger partial charge on any atom is -0.443 e. The molecule has 0 spiro atoms. The van der Waals surface area contributed by atoms with Crippen molar-refractivity contribution in [2.24, 2.45) is 18.9 Å². The highest BCUT2D eigenvalue weighted by molar-refractivity contribution is 6.08. The van der Waals surface area contributed by atoms with Crippen molar-refractivity contribution in [2.75, 3.05) is 5.32 Å². The molecule has 164 valence electrons. The summed E-state index contributed by atoms with van der Waals surface area (Å²) in [5.41, 5.74) is 3.12. The van der Waals surface area contributed by atoms with E-state index in [1.807, 2.05) is 23.8 Å². The number of amides is 1. The molecule has 2 aliphatic rings. The summed E-state index contributed by atoms with van der Waals surface area (Å²) >= 11 is 0. The molecule has 2 N–H and O–H groups in total. The van der Waals surface area contributed by atoms with E-state index in [4.69, 9.17) is 4.42 Å². The van der Waals surface area contributed by atoms with E-state index < -0.39 is 0 Å². The molecule has 2 aliphatic carbocycles. The first-order chi connectivity index (χ1) is 15.6. The molecule has 3 aromatic heterocycles. The summed E-state index contributed by atoms with van der Waals surface area (Å²) in [6.45, 7) is 2.54. The average Bonchev–Trinajstić information content (AvgIpc) is 3.46. The van der Waals surface area contributed by atoms with E-state index in [1.165, 1.54) is 6.42 Å². The highest BCUT2D eigenvalue weighted by Crippen LogP contribution is 2.43. The molecule has 2 bridgehead atoms. The summed E-state index contributed by atoms with van der Waals surface area (Å²) in [5.74, 6) is 1.64. The molecule has 8 nitrogen and oxygen atoms in total. The summed E-state index contributed by atoms with van der Waals surface area (Å²) in [6.07, 6.45) is 12.0. The van der Waals surface area contributed by atoms with Gasteiger partial charge in [0.1, 0.15) is 17.5 Å². The normalized spacial score (nSPS) is 21.9. The van der Waals surface area contributed by atoms with Gasteiger partial charge in [-0.2, -0.15) is 5.26 Å². The molecule has 0 saturated heterocycles. The van der Waals surface area contributed by atoms with E-state index in [1.54, 1.807) is 24.3 Å². The topological polar surface area (TPSA) is 109 Å². The number of pyridine rings is 1. The van der Waals surface area contributed by atoms with Gasteiger partial charge in [0.25, 0.3) is 5.91 Å². The molecule has 0 aromatic carbocycles. The number of aromatic nitrogens is 3. The second-order valence-electron chi connectivity index (χ2n) is 8.76. The minimum absolute atomic E-state index is 0.00560. The van der Waals surface area contributed by atoms with Crippen molar-refractivity contribution in [3.8, 4) is 6.07 Å². The lowest BCUT2D eigenvalue weighted by atomic mass is 9.82. The number of fused-ring (bicyclic) bond motifs is 3. The number of imidazole rings is 1. The predicted molar refractivity (Wildman–Crippen MR) is 120 cm³/mol. The molecular weight excluding hydrogens is 404 g/mol. The number of nitrogens with one attached hydrogen (secondary N) is 2. The number of nitrogens with zero attached hydrogens (tertiary/aromatic N) is 4. The maximum atomic E-state index is 13.0. The van der Waals surface area contributed by atoms with Crippen LogP contribution < -0.4 is 10.6 Å². The second kappa shape index (κ2) is 8.15. The highest BCUT2D eigenvalue weighted by Gasteiger charge is 2.34. The number of anilines is 1. The predicted octanol–water partition coefficient (Wildman–Crippen LogP) is 3.91. The van der Waals surface area contributed by atoms with Gasteiger partial charge in [-0.3, -0.25) is 4.79 Å². The van der Waals surface area contributed by atoms with E-state index in [0.717, 1.165) is 25.0 Å². The zero-order valence-electron chi connectivity index (χ0n) is 18.3. The van der Waals surface area contributed by atoms with Crippen LogP contribution in [0.15, 0.2) is 40.9 Å². The number of hydrogen-bond acceptors (Lipinski definition) is 6. The number of nitriles is 1. The molecule has 5 rings (SSSR count). The number of furan rings is 1. The summed E-state index contributed by atoms with van der Waals surface area (Å²) in [6, 6.07) is 4.17. The van der Waals surface area contributed by atoms with Gasteiger partial charge in [-0.15, -0.1) is 0 Å². The Morgan fingerprint density at radius 1 is 1.34 bits per heavy atom. The Morgan fingerprint density at radius 2 is 2.22 bits per heavy atom. The van der Waals surface area contributed by atoms with Crippen LogP contribution in [0, 0.1) is 23.2 Å². The van der Waals surface area contributed by atoms with Crippen LogP contribution in [-0.4, -0.2) is 26.5 Å². The Hall–Kier alpha value is -3.60. The fourth-order valence-electron chi connectivity index (χ4n) is 5.17. The number of carbonyl (C=O) groups is 1. The zero-order valence-corrected chi connectivity index (χ0v) is 18.3. The number of hydrogen-bond donors (Lipinski definition) is 2. The van der Waals surface area contributed by atoms with Gasteiger partial charge < -0.3 is 19.6 Å². The average molecular weight is 431 g/mol. The molecule has 1 saturated carbocycles. The van der Waals surface area contributed by atoms with Gasteiger partial charge in [0, 0.05) is 24.7 Å². The van der Waals surface area contributed by atoms with E-state index in [0.29, 0.717) is 41.2 Å². The quantitative estimate of drug-likeness (QED) is 0.574. The number of allylic oxidation sites excluding steroid dienone is 2. The first kappa shape index (κ1) is 20.3. The van der Waals surface area contributed by atoms with Crippen molar-refractivity contribution in [2.45, 2.75) is 45.2 Å². The fourth-order valence-corrected chi connectivity index (χ4v) is 5.17. The van der Waals surface area contributed by atoms with Crippen LogP contribution in [0.25, 0.3) is 11.0 Å². The van der Waals surface area contributed by atoms with E-state index in [9.17, 15) is 10.1 Å². The first-order valence-corrected chi connectivity index (χ1v) is 11.1. The lowest BCUT2D eigenvalue weighted by molar-refractivity contribution is 0.0950. The Kier molecular flexibility index (Phi) is 5.17. The molecule has 1 amide bonds. The van der Waals surface area contributed by atoms with Gasteiger partial charge in [-0.05, 0) is 43.6 Å². The SMILES string of the molecule is CCC1=CC2CC(Nc3cc4c(C(=O)NCc5cncn5C)c(C#N)oc4cn3)CC1C2. The molecule has 8 heteroatoms. The van der Waals surface area contributed by atoms with E-state index in [-0.39, 0.29) is 17.2 Å². The molecular formula is C24H26N6O2. The third-order valence-corrected chi connectivity index (χ3v) is 6.73. The first-order valence-electron chi connectivity index (χ1n) is 11.1. The van der Waals surface area contributed by atoms with Crippen molar-refractivity contribution in [1.29, 1.82) is 5.26 Å². The van der Waals surface area contributed by atoms with Crippen LogP contribution in [0.1, 0.15) is 54.4 Å². The van der Waals surface area contributed by atoms with Gasteiger partial charge in [0.15, 0.2) is 5.58 Å². The number of aryl methyl sites for hydroxylation is 1. The minimum atomic E-state index is -0.355. The second-order valence-corrected chi connectivity index (χ2v) is 8.76. The number of carbonyl (C=O) groups excluding carboxylic acids is 1. The molecule has 1 fully saturated rings. The molecule has 3 unspecified atom stereocenters. The Morgan fingerprint density at radius 3 is 2.97 bits per heavy atom. The summed E-state index contributed by atoms with van der Waals surface area (Å²) in [5, 5.41) is 16.5. The van der Waals surface area contributed by atoms with Crippen molar-refractivity contribution in [3.05, 3.63) is 53.5 Å². The van der Waals surface area contributed by atoms with Gasteiger partial charge in [0.05, 0.1) is 24.8 Å². The molecule has 3 aromatic rings. The third-order valence-electron chi connectivity index (χ3n) is 6.73. The van der Waals surface area contributed by atoms with Crippen molar-refractivity contribution < 1.29 is 9.21 Å². The van der Waals surface area contributed by atoms with Crippen molar-refractivity contribution >= 4 is 22.7 Å². The molecule has 3 heterocycles. The number of rotatable bonds is 6. The summed E-state index contributed by atoms with van der Waals surface area (Å²) in [7, 11) is 1.86. The zero-order chi connectivity index (χ0) is 22.2. The maximum Gasteiger partial charge on any atom is 0.256 e. The summed E-state index contributed by atoms with van der Waals surface area (Å²) in [4.78, 5) is 21.5. The van der Waals surface area contributed by atoms with Crippen LogP contribution in [0.5, 0.6) is 0 Å². The summed E-state index contributed by atoms with van der Waals surface area (Å²) < 4.78 is 7.44. The molecule has 3 atom stereocenters. The Bertz CT molecular complexity index is 1250. The smallest absolute Gasteiger partial charge is 0.256 e. The van der Waals surface area contributed by atoms with Crippen molar-refractivity contribution in [1.82, 2.24) is 19.9 Å². The Labute approximate surface area is 186 Å². The van der Waals surface area contributed by atoms with Gasteiger partial charge in [0.2, 0.25) is 5.76 Å². The third kappa shape index (κ3) is 3.64. The largest absolute Gasteiger partial charge is 0.443 e. The Balaban J connectivity index is 1.37. The highest BCUT2D eigenvalue weighted by atomic mass is 16.3. The fraction of sp³-hybridized carbons (Fsp3) is 0.417. The maximum absolute atomic E-state index is 13.0. The van der Waals surface area contributed by atoms with Gasteiger partial charge >= 0.3 is 0 Å². The van der Waals surface area contributed by atoms with Crippen LogP contribution in [0.4, 0.5) is 5.82 Å². The molecule has 32 heavy (non-hydrogen) atoms. The lowest BCUT2D eigenvalue weighted by Crippen LogP contribution is -2.29. The van der Waals surface area contributed by atoms with Crippen LogP contribution >= 0.6 is 0 Å². The standard InChI is InChI=1S/C24H26N6O2/c1-3-15-4-14-5-16(15)7-17(6-14)29-22-8-19-21(12-27-22)32-20(9-25)23(19)24(31)28-11-18-10-26-13-30(18)2/h4,8,10,12-14,16-17H,3,5-7,11H2,1-2H3,(H,27,29)(H,28,31). The molecule has 0 aliphatic heterocycles.